The lowest BCUT2D eigenvalue weighted by Gasteiger charge is -2.13. The molecule has 0 aliphatic heterocycles. The molecule has 1 heterocycles. The minimum absolute atomic E-state index is 0.0566. The van der Waals surface area contributed by atoms with E-state index in [0.29, 0.717) is 18.9 Å². The molecule has 0 saturated carbocycles. The van der Waals surface area contributed by atoms with Crippen LogP contribution in [0.2, 0.25) is 0 Å². The molecular formula is C14H15F2NO2S. The lowest BCUT2D eigenvalue weighted by atomic mass is 10.2. The highest BCUT2D eigenvalue weighted by molar-refractivity contribution is 7.08. The van der Waals surface area contributed by atoms with Gasteiger partial charge in [-0.3, -0.25) is 0 Å². The number of ether oxygens (including phenoxy) is 2. The first-order chi connectivity index (χ1) is 9.69. The molecule has 0 aliphatic carbocycles. The monoisotopic (exact) mass is 299 g/mol. The van der Waals surface area contributed by atoms with E-state index in [1.54, 1.807) is 30.4 Å². The van der Waals surface area contributed by atoms with Crippen molar-refractivity contribution in [1.82, 2.24) is 0 Å². The first-order valence-electron chi connectivity index (χ1n) is 6.15. The molecule has 6 heteroatoms. The normalized spacial score (nSPS) is 10.6. The summed E-state index contributed by atoms with van der Waals surface area (Å²) in [6.45, 7) is -0.0844. The van der Waals surface area contributed by atoms with Crippen LogP contribution in [0.25, 0.3) is 0 Å². The molecule has 0 bridgehead atoms. The highest BCUT2D eigenvalue weighted by atomic mass is 32.1. The van der Waals surface area contributed by atoms with Gasteiger partial charge in [-0.2, -0.15) is 20.1 Å². The van der Waals surface area contributed by atoms with Crippen molar-refractivity contribution in [3.05, 3.63) is 40.6 Å². The van der Waals surface area contributed by atoms with E-state index in [9.17, 15) is 8.78 Å². The quantitative estimate of drug-likeness (QED) is 0.824. The largest absolute Gasteiger partial charge is 0.490 e. The SMILES string of the molecule is CCOc1cc(CNc2ccsc2)ccc1OC(F)F. The Kier molecular flexibility index (Phi) is 5.17. The number of alkyl halides is 2. The third-order valence-corrected chi connectivity index (χ3v) is 3.23. The van der Waals surface area contributed by atoms with Gasteiger partial charge in [0.15, 0.2) is 11.5 Å². The molecule has 0 unspecified atom stereocenters. The van der Waals surface area contributed by atoms with E-state index in [1.165, 1.54) is 6.07 Å². The van der Waals surface area contributed by atoms with Gasteiger partial charge in [0, 0.05) is 17.6 Å². The Morgan fingerprint density at radius 2 is 2.10 bits per heavy atom. The van der Waals surface area contributed by atoms with Gasteiger partial charge in [-0.15, -0.1) is 0 Å². The summed E-state index contributed by atoms with van der Waals surface area (Å²) in [7, 11) is 0. The first-order valence-corrected chi connectivity index (χ1v) is 7.10. The van der Waals surface area contributed by atoms with Gasteiger partial charge in [0.1, 0.15) is 0 Å². The summed E-state index contributed by atoms with van der Waals surface area (Å²) in [6.07, 6.45) is 0. The maximum atomic E-state index is 12.3. The van der Waals surface area contributed by atoms with Crippen molar-refractivity contribution < 1.29 is 18.3 Å². The van der Waals surface area contributed by atoms with Crippen molar-refractivity contribution in [2.75, 3.05) is 11.9 Å². The topological polar surface area (TPSA) is 30.5 Å². The Hall–Kier alpha value is -1.82. The standard InChI is InChI=1S/C14H15F2NO2S/c1-2-18-13-7-10(3-4-12(13)19-14(15)16)8-17-11-5-6-20-9-11/h3-7,9,14,17H,2,8H2,1H3. The third kappa shape index (κ3) is 4.09. The van der Waals surface area contributed by atoms with Crippen LogP contribution in [-0.2, 0) is 6.54 Å². The van der Waals surface area contributed by atoms with Crippen LogP contribution in [0.3, 0.4) is 0 Å². The summed E-state index contributed by atoms with van der Waals surface area (Å²) in [5, 5.41) is 7.21. The highest BCUT2D eigenvalue weighted by Crippen LogP contribution is 2.30. The van der Waals surface area contributed by atoms with Gasteiger partial charge in [0.25, 0.3) is 0 Å². The van der Waals surface area contributed by atoms with Gasteiger partial charge in [0.2, 0.25) is 0 Å². The van der Waals surface area contributed by atoms with E-state index in [-0.39, 0.29) is 5.75 Å². The van der Waals surface area contributed by atoms with E-state index in [1.807, 2.05) is 16.8 Å². The second-order valence-corrected chi connectivity index (χ2v) is 4.74. The van der Waals surface area contributed by atoms with Crippen molar-refractivity contribution in [2.45, 2.75) is 20.1 Å². The van der Waals surface area contributed by atoms with Crippen LogP contribution < -0.4 is 14.8 Å². The van der Waals surface area contributed by atoms with Gasteiger partial charge in [0.05, 0.1) is 6.61 Å². The predicted molar refractivity (Wildman–Crippen MR) is 75.9 cm³/mol. The number of hydrogen-bond donors (Lipinski definition) is 1. The molecule has 0 aliphatic rings. The van der Waals surface area contributed by atoms with Crippen LogP contribution in [0, 0.1) is 0 Å². The smallest absolute Gasteiger partial charge is 0.387 e. The van der Waals surface area contributed by atoms with Gasteiger partial charge < -0.3 is 14.8 Å². The fourth-order valence-electron chi connectivity index (χ4n) is 1.69. The Labute approximate surface area is 120 Å². The summed E-state index contributed by atoms with van der Waals surface area (Å²) >= 11 is 1.60. The van der Waals surface area contributed by atoms with Crippen molar-refractivity contribution in [1.29, 1.82) is 0 Å². The van der Waals surface area contributed by atoms with Crippen molar-refractivity contribution in [3.63, 3.8) is 0 Å². The molecule has 0 fully saturated rings. The fourth-order valence-corrected chi connectivity index (χ4v) is 2.31. The minimum Gasteiger partial charge on any atom is -0.490 e. The van der Waals surface area contributed by atoms with E-state index in [0.717, 1.165) is 11.3 Å². The maximum Gasteiger partial charge on any atom is 0.387 e. The molecule has 0 atom stereocenters. The lowest BCUT2D eigenvalue weighted by Crippen LogP contribution is -2.06. The van der Waals surface area contributed by atoms with Crippen LogP contribution in [0.1, 0.15) is 12.5 Å². The molecule has 20 heavy (non-hydrogen) atoms. The van der Waals surface area contributed by atoms with E-state index in [2.05, 4.69) is 10.1 Å². The van der Waals surface area contributed by atoms with Crippen LogP contribution in [0.4, 0.5) is 14.5 Å². The molecule has 1 aromatic carbocycles. The summed E-state index contributed by atoms with van der Waals surface area (Å²) in [5.74, 6) is 0.388. The molecule has 2 rings (SSSR count). The van der Waals surface area contributed by atoms with Crippen LogP contribution in [-0.4, -0.2) is 13.2 Å². The highest BCUT2D eigenvalue weighted by Gasteiger charge is 2.11. The summed E-state index contributed by atoms with van der Waals surface area (Å²) in [5.41, 5.74) is 1.96. The summed E-state index contributed by atoms with van der Waals surface area (Å²) < 4.78 is 34.3. The third-order valence-electron chi connectivity index (χ3n) is 2.54. The van der Waals surface area contributed by atoms with Gasteiger partial charge >= 0.3 is 6.61 Å². The lowest BCUT2D eigenvalue weighted by molar-refractivity contribution is -0.0514. The van der Waals surface area contributed by atoms with Gasteiger partial charge in [-0.25, -0.2) is 0 Å². The van der Waals surface area contributed by atoms with Gasteiger partial charge in [-0.1, -0.05) is 6.07 Å². The minimum atomic E-state index is -2.86. The van der Waals surface area contributed by atoms with Crippen molar-refractivity contribution in [2.24, 2.45) is 0 Å². The Bertz CT molecular complexity index is 532. The number of thiophene rings is 1. The van der Waals surface area contributed by atoms with Crippen LogP contribution in [0.15, 0.2) is 35.0 Å². The molecule has 108 valence electrons. The van der Waals surface area contributed by atoms with Crippen LogP contribution in [0.5, 0.6) is 11.5 Å². The second kappa shape index (κ2) is 7.09. The van der Waals surface area contributed by atoms with Gasteiger partial charge in [-0.05, 0) is 36.1 Å². The molecule has 3 nitrogen and oxygen atoms in total. The molecule has 0 saturated heterocycles. The average Bonchev–Trinajstić information content (AvgIpc) is 2.92. The number of hydrogen-bond acceptors (Lipinski definition) is 4. The Balaban J connectivity index is 2.08. The summed E-state index contributed by atoms with van der Waals surface area (Å²) in [4.78, 5) is 0. The zero-order valence-corrected chi connectivity index (χ0v) is 11.8. The molecule has 0 amide bonds. The first kappa shape index (κ1) is 14.6. The predicted octanol–water partition coefficient (Wildman–Crippen LogP) is 4.36. The molecule has 1 aromatic heterocycles. The number of nitrogens with one attached hydrogen (secondary N) is 1. The van der Waals surface area contributed by atoms with E-state index >= 15 is 0 Å². The van der Waals surface area contributed by atoms with Crippen LogP contribution >= 0.6 is 11.3 Å². The van der Waals surface area contributed by atoms with Crippen molar-refractivity contribution in [3.8, 4) is 11.5 Å². The molecule has 0 spiro atoms. The second-order valence-electron chi connectivity index (χ2n) is 3.96. The number of rotatable bonds is 7. The van der Waals surface area contributed by atoms with E-state index < -0.39 is 6.61 Å². The number of benzene rings is 1. The zero-order valence-electron chi connectivity index (χ0n) is 10.9. The summed E-state index contributed by atoms with van der Waals surface area (Å²) in [6, 6.07) is 6.92. The van der Waals surface area contributed by atoms with E-state index in [4.69, 9.17) is 4.74 Å². The zero-order chi connectivity index (χ0) is 14.4. The Morgan fingerprint density at radius 3 is 2.75 bits per heavy atom. The number of halogens is 2. The fraction of sp³-hybridized carbons (Fsp3) is 0.286. The molecule has 0 radical (unpaired) electrons. The Morgan fingerprint density at radius 1 is 1.25 bits per heavy atom. The average molecular weight is 299 g/mol. The maximum absolute atomic E-state index is 12.3. The number of anilines is 1. The molecule has 2 aromatic rings. The van der Waals surface area contributed by atoms with Crippen molar-refractivity contribution >= 4 is 17.0 Å². The molecule has 1 N–H and O–H groups in total. The molecular weight excluding hydrogens is 284 g/mol.